The summed E-state index contributed by atoms with van der Waals surface area (Å²) < 4.78 is 0. The van der Waals surface area contributed by atoms with Crippen LogP contribution in [0.3, 0.4) is 0 Å². The maximum Gasteiger partial charge on any atom is 0.131 e. The molecule has 0 aliphatic rings. The summed E-state index contributed by atoms with van der Waals surface area (Å²) in [4.78, 5) is 10.8. The van der Waals surface area contributed by atoms with E-state index in [1.807, 2.05) is 30.7 Å². The zero-order valence-corrected chi connectivity index (χ0v) is 13.3. The first-order valence-electron chi connectivity index (χ1n) is 7.35. The first-order chi connectivity index (χ1) is 10.1. The molecule has 0 spiro atoms. The molecule has 4 nitrogen and oxygen atoms in total. The van der Waals surface area contributed by atoms with E-state index in [1.165, 1.54) is 16.7 Å². The highest BCUT2D eigenvalue weighted by Gasteiger charge is 2.08. The Labute approximate surface area is 127 Å². The molecule has 0 atom stereocenters. The van der Waals surface area contributed by atoms with Crippen LogP contribution in [0.2, 0.25) is 0 Å². The Bertz CT molecular complexity index is 566. The minimum absolute atomic E-state index is 0.486. The van der Waals surface area contributed by atoms with Gasteiger partial charge in [0.15, 0.2) is 0 Å². The summed E-state index contributed by atoms with van der Waals surface area (Å²) in [6.07, 6.45) is 5.61. The van der Waals surface area contributed by atoms with Crippen LogP contribution in [-0.4, -0.2) is 23.1 Å². The van der Waals surface area contributed by atoms with E-state index in [4.69, 9.17) is 0 Å². The molecule has 0 radical (unpaired) electrons. The molecule has 0 fully saturated rings. The van der Waals surface area contributed by atoms with E-state index in [0.29, 0.717) is 6.04 Å². The second kappa shape index (κ2) is 7.18. The Morgan fingerprint density at radius 3 is 2.52 bits per heavy atom. The molecule has 1 N–H and O–H groups in total. The van der Waals surface area contributed by atoms with Crippen molar-refractivity contribution < 1.29 is 0 Å². The van der Waals surface area contributed by atoms with Crippen LogP contribution in [0, 0.1) is 6.92 Å². The molecular formula is C17H24N4. The van der Waals surface area contributed by atoms with Gasteiger partial charge in [0.2, 0.25) is 0 Å². The molecule has 2 heterocycles. The minimum Gasteiger partial charge on any atom is -0.355 e. The highest BCUT2D eigenvalue weighted by atomic mass is 15.2. The minimum atomic E-state index is 0.486. The molecular weight excluding hydrogens is 260 g/mol. The molecule has 0 amide bonds. The zero-order valence-electron chi connectivity index (χ0n) is 13.3. The van der Waals surface area contributed by atoms with Gasteiger partial charge in [-0.25, -0.2) is 4.98 Å². The van der Waals surface area contributed by atoms with Gasteiger partial charge in [-0.15, -0.1) is 0 Å². The number of rotatable bonds is 6. The summed E-state index contributed by atoms with van der Waals surface area (Å²) in [5.41, 5.74) is 3.66. The number of nitrogens with zero attached hydrogens (tertiary/aromatic N) is 3. The number of pyridine rings is 2. The topological polar surface area (TPSA) is 41.1 Å². The van der Waals surface area contributed by atoms with Crippen molar-refractivity contribution in [2.45, 2.75) is 39.9 Å². The summed E-state index contributed by atoms with van der Waals surface area (Å²) >= 11 is 0. The monoisotopic (exact) mass is 284 g/mol. The van der Waals surface area contributed by atoms with Gasteiger partial charge in [0.25, 0.3) is 0 Å². The van der Waals surface area contributed by atoms with Gasteiger partial charge in [-0.3, -0.25) is 4.98 Å². The smallest absolute Gasteiger partial charge is 0.131 e. The molecule has 2 aromatic rings. The van der Waals surface area contributed by atoms with Crippen molar-refractivity contribution in [1.82, 2.24) is 15.3 Å². The maximum absolute atomic E-state index is 4.62. The number of anilines is 1. The number of nitrogens with one attached hydrogen (secondary N) is 1. The SMILES string of the molecule is Cc1cc(CNC(C)C)cnc1N(C)Cc1ccncc1. The van der Waals surface area contributed by atoms with Gasteiger partial charge in [0.05, 0.1) is 0 Å². The highest BCUT2D eigenvalue weighted by molar-refractivity contribution is 5.47. The van der Waals surface area contributed by atoms with Gasteiger partial charge in [-0.05, 0) is 41.8 Å². The van der Waals surface area contributed by atoms with Crippen LogP contribution in [0.1, 0.15) is 30.5 Å². The first-order valence-corrected chi connectivity index (χ1v) is 7.35. The van der Waals surface area contributed by atoms with Crippen molar-refractivity contribution in [2.24, 2.45) is 0 Å². The number of aromatic nitrogens is 2. The van der Waals surface area contributed by atoms with Gasteiger partial charge in [-0.1, -0.05) is 13.8 Å². The molecule has 0 aliphatic heterocycles. The predicted molar refractivity (Wildman–Crippen MR) is 87.3 cm³/mol. The average molecular weight is 284 g/mol. The molecule has 0 aliphatic carbocycles. The lowest BCUT2D eigenvalue weighted by Crippen LogP contribution is -2.23. The highest BCUT2D eigenvalue weighted by Crippen LogP contribution is 2.18. The Morgan fingerprint density at radius 2 is 1.90 bits per heavy atom. The van der Waals surface area contributed by atoms with Crippen LogP contribution in [-0.2, 0) is 13.1 Å². The molecule has 0 saturated heterocycles. The number of hydrogen-bond donors (Lipinski definition) is 1. The molecule has 21 heavy (non-hydrogen) atoms. The van der Waals surface area contributed by atoms with Crippen molar-refractivity contribution in [2.75, 3.05) is 11.9 Å². The summed E-state index contributed by atoms with van der Waals surface area (Å²) in [6, 6.07) is 6.76. The normalized spacial score (nSPS) is 10.9. The molecule has 4 heteroatoms. The van der Waals surface area contributed by atoms with Crippen molar-refractivity contribution >= 4 is 5.82 Å². The fourth-order valence-electron chi connectivity index (χ4n) is 2.28. The second-order valence-electron chi connectivity index (χ2n) is 5.73. The van der Waals surface area contributed by atoms with E-state index in [-0.39, 0.29) is 0 Å². The quantitative estimate of drug-likeness (QED) is 0.885. The third kappa shape index (κ3) is 4.53. The van der Waals surface area contributed by atoms with Crippen LogP contribution in [0.25, 0.3) is 0 Å². The molecule has 2 rings (SSSR count). The molecule has 112 valence electrons. The fraction of sp³-hybridized carbons (Fsp3) is 0.412. The summed E-state index contributed by atoms with van der Waals surface area (Å²) in [7, 11) is 2.07. The summed E-state index contributed by atoms with van der Waals surface area (Å²) in [5, 5.41) is 3.42. The lowest BCUT2D eigenvalue weighted by Gasteiger charge is -2.21. The first kappa shape index (κ1) is 15.4. The summed E-state index contributed by atoms with van der Waals surface area (Å²) in [6.45, 7) is 8.11. The van der Waals surface area contributed by atoms with Gasteiger partial charge < -0.3 is 10.2 Å². The standard InChI is InChI=1S/C17H24N4/c1-13(2)19-10-16-9-14(3)17(20-11-16)21(4)12-15-5-7-18-8-6-15/h5-9,11,13,19H,10,12H2,1-4H3. The lowest BCUT2D eigenvalue weighted by atomic mass is 10.1. The van der Waals surface area contributed by atoms with E-state index in [0.717, 1.165) is 18.9 Å². The Balaban J connectivity index is 2.06. The van der Waals surface area contributed by atoms with E-state index < -0.39 is 0 Å². The number of hydrogen-bond acceptors (Lipinski definition) is 4. The van der Waals surface area contributed by atoms with E-state index in [9.17, 15) is 0 Å². The van der Waals surface area contributed by atoms with Crippen LogP contribution in [0.15, 0.2) is 36.8 Å². The van der Waals surface area contributed by atoms with Crippen LogP contribution < -0.4 is 10.2 Å². The third-order valence-electron chi connectivity index (χ3n) is 3.35. The number of aryl methyl sites for hydroxylation is 1. The molecule has 0 aromatic carbocycles. The average Bonchev–Trinajstić information content (AvgIpc) is 2.46. The zero-order chi connectivity index (χ0) is 15.2. The van der Waals surface area contributed by atoms with Crippen LogP contribution in [0.5, 0.6) is 0 Å². The lowest BCUT2D eigenvalue weighted by molar-refractivity contribution is 0.587. The fourth-order valence-corrected chi connectivity index (χ4v) is 2.28. The van der Waals surface area contributed by atoms with Crippen molar-refractivity contribution in [1.29, 1.82) is 0 Å². The molecule has 0 saturated carbocycles. The third-order valence-corrected chi connectivity index (χ3v) is 3.35. The van der Waals surface area contributed by atoms with E-state index in [2.05, 4.69) is 54.1 Å². The molecule has 0 unspecified atom stereocenters. The Morgan fingerprint density at radius 1 is 1.19 bits per heavy atom. The summed E-state index contributed by atoms with van der Waals surface area (Å²) in [5.74, 6) is 1.03. The van der Waals surface area contributed by atoms with Crippen molar-refractivity contribution in [3.05, 3.63) is 53.5 Å². The van der Waals surface area contributed by atoms with Gasteiger partial charge in [-0.2, -0.15) is 0 Å². The Hall–Kier alpha value is -1.94. The predicted octanol–water partition coefficient (Wildman–Crippen LogP) is 2.92. The van der Waals surface area contributed by atoms with E-state index in [1.54, 1.807) is 0 Å². The maximum atomic E-state index is 4.62. The van der Waals surface area contributed by atoms with Crippen LogP contribution in [0.4, 0.5) is 5.82 Å². The largest absolute Gasteiger partial charge is 0.355 e. The van der Waals surface area contributed by atoms with Gasteiger partial charge in [0, 0.05) is 44.8 Å². The second-order valence-corrected chi connectivity index (χ2v) is 5.73. The Kier molecular flexibility index (Phi) is 5.28. The van der Waals surface area contributed by atoms with Crippen molar-refractivity contribution in [3.8, 4) is 0 Å². The molecule has 0 bridgehead atoms. The van der Waals surface area contributed by atoms with E-state index >= 15 is 0 Å². The van der Waals surface area contributed by atoms with Crippen LogP contribution >= 0.6 is 0 Å². The van der Waals surface area contributed by atoms with Crippen molar-refractivity contribution in [3.63, 3.8) is 0 Å². The van der Waals surface area contributed by atoms with Gasteiger partial charge >= 0.3 is 0 Å². The molecule has 2 aromatic heterocycles. The van der Waals surface area contributed by atoms with Gasteiger partial charge in [0.1, 0.15) is 5.82 Å².